The lowest BCUT2D eigenvalue weighted by atomic mass is 9.91. The first kappa shape index (κ1) is 20.8. The summed E-state index contributed by atoms with van der Waals surface area (Å²) in [7, 11) is 0. The van der Waals surface area contributed by atoms with Crippen molar-refractivity contribution in [3.63, 3.8) is 0 Å². The van der Waals surface area contributed by atoms with E-state index in [0.29, 0.717) is 18.0 Å². The molecule has 7 heteroatoms. The van der Waals surface area contributed by atoms with E-state index in [-0.39, 0.29) is 24.1 Å². The smallest absolute Gasteiger partial charge is 0.236 e. The van der Waals surface area contributed by atoms with E-state index in [1.807, 2.05) is 36.1 Å². The van der Waals surface area contributed by atoms with Gasteiger partial charge in [-0.25, -0.2) is 4.98 Å². The molecule has 160 valence electrons. The van der Waals surface area contributed by atoms with Crippen LogP contribution >= 0.6 is 0 Å². The summed E-state index contributed by atoms with van der Waals surface area (Å²) in [4.78, 5) is 18.1. The first-order valence-electron chi connectivity index (χ1n) is 10.5. The lowest BCUT2D eigenvalue weighted by Crippen LogP contribution is -2.51. The van der Waals surface area contributed by atoms with Gasteiger partial charge in [-0.1, -0.05) is 18.2 Å². The van der Waals surface area contributed by atoms with Gasteiger partial charge in [0, 0.05) is 42.3 Å². The summed E-state index contributed by atoms with van der Waals surface area (Å²) >= 11 is 0. The van der Waals surface area contributed by atoms with Gasteiger partial charge in [-0.3, -0.25) is 4.79 Å². The van der Waals surface area contributed by atoms with Crippen molar-refractivity contribution in [3.8, 4) is 5.75 Å². The van der Waals surface area contributed by atoms with Crippen LogP contribution < -0.4 is 15.8 Å². The lowest BCUT2D eigenvalue weighted by molar-refractivity contribution is -0.131. The first-order chi connectivity index (χ1) is 14.4. The van der Waals surface area contributed by atoms with Gasteiger partial charge in [0.2, 0.25) is 11.9 Å². The Balaban J connectivity index is 1.29. The van der Waals surface area contributed by atoms with Gasteiger partial charge < -0.3 is 20.7 Å². The van der Waals surface area contributed by atoms with Crippen molar-refractivity contribution in [1.29, 1.82) is 0 Å². The number of nitrogens with zero attached hydrogens (tertiary/aromatic N) is 2. The van der Waals surface area contributed by atoms with Crippen LogP contribution in [0.2, 0.25) is 0 Å². The molecule has 0 bridgehead atoms. The summed E-state index contributed by atoms with van der Waals surface area (Å²) in [5, 5.41) is 3.39. The molecular formula is C23H29FN4O2. The quantitative estimate of drug-likeness (QED) is 0.684. The molecule has 2 aliphatic rings. The zero-order valence-corrected chi connectivity index (χ0v) is 17.3. The molecule has 4 rings (SSSR count). The molecule has 0 unspecified atom stereocenters. The summed E-state index contributed by atoms with van der Waals surface area (Å²) < 4.78 is 19.7. The van der Waals surface area contributed by atoms with Crippen LogP contribution in [0.1, 0.15) is 43.2 Å². The molecule has 6 nitrogen and oxygen atoms in total. The van der Waals surface area contributed by atoms with Crippen molar-refractivity contribution < 1.29 is 13.9 Å². The van der Waals surface area contributed by atoms with E-state index >= 15 is 0 Å². The van der Waals surface area contributed by atoms with Crippen LogP contribution in [-0.2, 0) is 11.4 Å². The Morgan fingerprint density at radius 2 is 2.07 bits per heavy atom. The molecule has 1 aromatic heterocycles. The second-order valence-corrected chi connectivity index (χ2v) is 8.64. The van der Waals surface area contributed by atoms with E-state index in [4.69, 9.17) is 10.5 Å². The lowest BCUT2D eigenvalue weighted by Gasteiger charge is -2.36. The number of hydrogen-bond donors (Lipinski definition) is 2. The van der Waals surface area contributed by atoms with Crippen molar-refractivity contribution in [2.75, 3.05) is 19.6 Å². The molecule has 30 heavy (non-hydrogen) atoms. The maximum Gasteiger partial charge on any atom is 0.236 e. The number of ether oxygens (including phenoxy) is 1. The number of para-hydroxylation sites is 1. The second-order valence-electron chi connectivity index (χ2n) is 8.64. The molecule has 1 aromatic carbocycles. The fourth-order valence-corrected chi connectivity index (χ4v) is 3.96. The molecule has 2 heterocycles. The largest absolute Gasteiger partial charge is 0.488 e. The normalized spacial score (nSPS) is 22.6. The fraction of sp³-hybridized carbons (Fsp3) is 0.478. The zero-order valence-electron chi connectivity index (χ0n) is 17.3. The maximum atomic E-state index is 13.8. The number of nitrogens with one attached hydrogen (secondary N) is 1. The predicted molar refractivity (Wildman–Crippen MR) is 113 cm³/mol. The minimum atomic E-state index is -0.507. The number of hydrogen-bond acceptors (Lipinski definition) is 5. The van der Waals surface area contributed by atoms with Crippen LogP contribution in [0, 0.1) is 5.95 Å². The van der Waals surface area contributed by atoms with E-state index < -0.39 is 5.95 Å². The van der Waals surface area contributed by atoms with E-state index in [2.05, 4.69) is 10.3 Å². The number of halogens is 1. The minimum absolute atomic E-state index is 0.132. The van der Waals surface area contributed by atoms with Crippen molar-refractivity contribution in [2.24, 2.45) is 5.73 Å². The van der Waals surface area contributed by atoms with Crippen molar-refractivity contribution in [2.45, 2.75) is 50.3 Å². The van der Waals surface area contributed by atoms with Crippen LogP contribution in [0.15, 0.2) is 42.6 Å². The van der Waals surface area contributed by atoms with E-state index in [1.165, 1.54) is 6.20 Å². The molecule has 1 amide bonds. The molecule has 0 spiro atoms. The van der Waals surface area contributed by atoms with Gasteiger partial charge in [-0.2, -0.15) is 4.39 Å². The van der Waals surface area contributed by atoms with E-state index in [9.17, 15) is 9.18 Å². The van der Waals surface area contributed by atoms with Gasteiger partial charge in [0.05, 0.1) is 6.54 Å². The number of aromatic nitrogens is 1. The number of amides is 1. The van der Waals surface area contributed by atoms with Gasteiger partial charge in [-0.05, 0) is 49.9 Å². The molecule has 1 aliphatic carbocycles. The summed E-state index contributed by atoms with van der Waals surface area (Å²) in [6.45, 7) is 3.97. The summed E-state index contributed by atoms with van der Waals surface area (Å²) in [6.07, 6.45) is 4.06. The zero-order chi connectivity index (χ0) is 21.1. The van der Waals surface area contributed by atoms with Gasteiger partial charge in [-0.15, -0.1) is 0 Å². The number of pyridine rings is 1. The Bertz CT molecular complexity index is 894. The van der Waals surface area contributed by atoms with E-state index in [0.717, 1.165) is 43.7 Å². The number of likely N-dealkylation sites (tertiary alicyclic amines) is 1. The Labute approximate surface area is 176 Å². The molecule has 1 saturated carbocycles. The standard InChI is InChI=1S/C23H29FN4O2/c1-23(25)8-11-28(12-9-23)21(29)14-27-19-13-18(19)17-6-2-3-7-20(17)30-15-16-5-4-10-26-22(16)24/h2-7,10,18-19,27H,8-9,11-15,25H2,1H3/t18-,19+/m0/s1. The fourth-order valence-electron chi connectivity index (χ4n) is 3.96. The van der Waals surface area contributed by atoms with Gasteiger partial charge in [0.25, 0.3) is 0 Å². The molecule has 2 atom stereocenters. The molecule has 0 radical (unpaired) electrons. The number of benzene rings is 1. The Morgan fingerprint density at radius 1 is 1.30 bits per heavy atom. The molecule has 2 aromatic rings. The SMILES string of the molecule is CC1(N)CCN(C(=O)CN[C@@H]2C[C@H]2c2ccccc2OCc2cccnc2F)CC1. The highest BCUT2D eigenvalue weighted by Gasteiger charge is 2.40. The maximum absolute atomic E-state index is 13.8. The summed E-state index contributed by atoms with van der Waals surface area (Å²) in [5.74, 6) is 0.668. The van der Waals surface area contributed by atoms with Crippen LogP contribution in [0.4, 0.5) is 4.39 Å². The van der Waals surface area contributed by atoms with Crippen LogP contribution in [0.25, 0.3) is 0 Å². The Kier molecular flexibility index (Phi) is 6.01. The van der Waals surface area contributed by atoms with Crippen LogP contribution in [0.5, 0.6) is 5.75 Å². The summed E-state index contributed by atoms with van der Waals surface area (Å²) in [5.41, 5.74) is 7.51. The Hall–Kier alpha value is -2.51. The van der Waals surface area contributed by atoms with E-state index in [1.54, 1.807) is 12.1 Å². The monoisotopic (exact) mass is 412 g/mol. The van der Waals surface area contributed by atoms with Gasteiger partial charge in [0.15, 0.2) is 0 Å². The van der Waals surface area contributed by atoms with Gasteiger partial charge in [0.1, 0.15) is 12.4 Å². The third-order valence-corrected chi connectivity index (χ3v) is 6.10. The number of carbonyl (C=O) groups excluding carboxylic acids is 1. The van der Waals surface area contributed by atoms with Crippen LogP contribution in [-0.4, -0.2) is 47.0 Å². The van der Waals surface area contributed by atoms with Crippen LogP contribution in [0.3, 0.4) is 0 Å². The molecule has 3 N–H and O–H groups in total. The number of nitrogens with two attached hydrogens (primary N) is 1. The topological polar surface area (TPSA) is 80.5 Å². The highest BCUT2D eigenvalue weighted by Crippen LogP contribution is 2.44. The molecule has 2 fully saturated rings. The average Bonchev–Trinajstić information content (AvgIpc) is 3.51. The highest BCUT2D eigenvalue weighted by molar-refractivity contribution is 5.78. The first-order valence-corrected chi connectivity index (χ1v) is 10.5. The molecule has 1 aliphatic heterocycles. The van der Waals surface area contributed by atoms with Crippen molar-refractivity contribution in [3.05, 3.63) is 59.7 Å². The number of carbonyl (C=O) groups is 1. The summed E-state index contributed by atoms with van der Waals surface area (Å²) in [6, 6.07) is 11.4. The second kappa shape index (κ2) is 8.70. The van der Waals surface area contributed by atoms with Crippen molar-refractivity contribution >= 4 is 5.91 Å². The van der Waals surface area contributed by atoms with Crippen molar-refractivity contribution in [1.82, 2.24) is 15.2 Å². The average molecular weight is 413 g/mol. The Morgan fingerprint density at radius 3 is 2.83 bits per heavy atom. The minimum Gasteiger partial charge on any atom is -0.488 e. The molecule has 1 saturated heterocycles. The number of rotatable bonds is 7. The molecular weight excluding hydrogens is 383 g/mol. The predicted octanol–water partition coefficient (Wildman–Crippen LogP) is 2.59. The highest BCUT2D eigenvalue weighted by atomic mass is 19.1. The third-order valence-electron chi connectivity index (χ3n) is 6.10. The third kappa shape index (κ3) is 4.96. The van der Waals surface area contributed by atoms with Gasteiger partial charge >= 0.3 is 0 Å². The number of piperidine rings is 1.